The highest BCUT2D eigenvalue weighted by molar-refractivity contribution is 7.86. The van der Waals surface area contributed by atoms with Crippen LogP contribution in [-0.4, -0.2) is 56.4 Å². The minimum absolute atomic E-state index is 0.122. The monoisotopic (exact) mass is 726 g/mol. The highest BCUT2D eigenvalue weighted by atomic mass is 32.2. The Balaban J connectivity index is 1.24. The van der Waals surface area contributed by atoms with Gasteiger partial charge in [-0.1, -0.05) is 56.4 Å². The van der Waals surface area contributed by atoms with Crippen LogP contribution in [0.3, 0.4) is 0 Å². The van der Waals surface area contributed by atoms with Crippen molar-refractivity contribution in [3.8, 4) is 0 Å². The predicted molar refractivity (Wildman–Crippen MR) is 206 cm³/mol. The van der Waals surface area contributed by atoms with E-state index in [0.29, 0.717) is 6.54 Å². The molecule has 11 heteroatoms. The molecule has 4 aromatic carbocycles. The van der Waals surface area contributed by atoms with Crippen LogP contribution in [0.1, 0.15) is 51.7 Å². The second-order valence-electron chi connectivity index (χ2n) is 14.2. The lowest BCUT2D eigenvalue weighted by Crippen LogP contribution is -2.27. The van der Waals surface area contributed by atoms with Crippen molar-refractivity contribution in [3.05, 3.63) is 120 Å². The summed E-state index contributed by atoms with van der Waals surface area (Å²) in [6.45, 7) is 10.0. The first-order valence-electron chi connectivity index (χ1n) is 16.9. The van der Waals surface area contributed by atoms with Gasteiger partial charge in [0.15, 0.2) is 5.71 Å². The zero-order valence-corrected chi connectivity index (χ0v) is 31.1. The number of nitrogens with zero attached hydrogens (tertiary/aromatic N) is 2. The van der Waals surface area contributed by atoms with Gasteiger partial charge in [-0.05, 0) is 109 Å². The van der Waals surface area contributed by atoms with Gasteiger partial charge in [-0.2, -0.15) is 21.4 Å². The number of rotatable bonds is 10. The van der Waals surface area contributed by atoms with Crippen LogP contribution in [0.15, 0.2) is 119 Å². The number of allylic oxidation sites excluding steroid dienone is 8. The van der Waals surface area contributed by atoms with Crippen molar-refractivity contribution in [2.24, 2.45) is 5.73 Å². The SMILES string of the molecule is C[N+]1=C(/C=C/C=C/C=C/C=C2\N(CCCCN)c3cc4cc(S(=O)(=O)O)ccc4cc3C2(C)C)C(C)(C)c2c1ccc1cc(S(=O)(=O)O)ccc21. The summed E-state index contributed by atoms with van der Waals surface area (Å²) in [6.07, 6.45) is 16.0. The molecule has 0 amide bonds. The van der Waals surface area contributed by atoms with E-state index in [-0.39, 0.29) is 20.6 Å². The Kier molecular flexibility index (Phi) is 9.49. The molecule has 2 aliphatic rings. The molecule has 2 aliphatic heterocycles. The molecule has 0 radical (unpaired) electrons. The summed E-state index contributed by atoms with van der Waals surface area (Å²) in [5, 5.41) is 3.34. The highest BCUT2D eigenvalue weighted by Gasteiger charge is 2.44. The van der Waals surface area contributed by atoms with Crippen molar-refractivity contribution in [2.75, 3.05) is 25.0 Å². The van der Waals surface area contributed by atoms with E-state index in [1.54, 1.807) is 12.1 Å². The fourth-order valence-electron chi connectivity index (χ4n) is 7.58. The Labute approximate surface area is 300 Å². The van der Waals surface area contributed by atoms with Crippen molar-refractivity contribution in [1.82, 2.24) is 0 Å². The maximum atomic E-state index is 11.8. The molecular weight excluding hydrogens is 683 g/mol. The Morgan fingerprint density at radius 3 is 2.06 bits per heavy atom. The molecule has 0 atom stereocenters. The van der Waals surface area contributed by atoms with Crippen LogP contribution < -0.4 is 10.6 Å². The standard InChI is InChI=1S/C40H43N3O6S2/c1-39(2)33-25-27-15-17-30(50(44,45)46)24-29(27)26-35(33)43(22-12-11-21-41)37(39)14-10-8-6-7-9-13-36-40(3,4)38-32-19-18-31(51(47,48)49)23-28(32)16-20-34(38)42(36)5/h6-10,13-20,23-26H,11-12,21-22,41H2,1-5H3,(H-,44,45,46,47,48,49)/p+1. The number of fused-ring (bicyclic) bond motifs is 5. The lowest BCUT2D eigenvalue weighted by molar-refractivity contribution is -0.401. The number of nitrogens with two attached hydrogens (primary N) is 1. The Morgan fingerprint density at radius 1 is 0.745 bits per heavy atom. The molecule has 266 valence electrons. The highest BCUT2D eigenvalue weighted by Crippen LogP contribution is 2.49. The van der Waals surface area contributed by atoms with Crippen LogP contribution >= 0.6 is 0 Å². The quantitative estimate of drug-likeness (QED) is 0.0658. The average molecular weight is 727 g/mol. The maximum Gasteiger partial charge on any atom is 0.294 e. The normalized spacial score (nSPS) is 18.0. The molecule has 4 N–H and O–H groups in total. The van der Waals surface area contributed by atoms with Crippen LogP contribution in [0.2, 0.25) is 0 Å². The van der Waals surface area contributed by atoms with E-state index in [1.165, 1.54) is 24.3 Å². The Hall–Kier alpha value is -4.39. The van der Waals surface area contributed by atoms with Gasteiger partial charge in [-0.25, -0.2) is 0 Å². The summed E-state index contributed by atoms with van der Waals surface area (Å²) in [7, 11) is -6.59. The van der Waals surface area contributed by atoms with Gasteiger partial charge >= 0.3 is 0 Å². The third-order valence-electron chi connectivity index (χ3n) is 10.2. The van der Waals surface area contributed by atoms with Gasteiger partial charge in [0.25, 0.3) is 20.2 Å². The van der Waals surface area contributed by atoms with Gasteiger partial charge in [-0.3, -0.25) is 9.11 Å². The summed E-state index contributed by atoms with van der Waals surface area (Å²) < 4.78 is 68.4. The van der Waals surface area contributed by atoms with E-state index in [0.717, 1.165) is 74.8 Å². The van der Waals surface area contributed by atoms with Crippen molar-refractivity contribution in [3.63, 3.8) is 0 Å². The molecule has 51 heavy (non-hydrogen) atoms. The summed E-state index contributed by atoms with van der Waals surface area (Å²) in [6, 6.07) is 17.4. The summed E-state index contributed by atoms with van der Waals surface area (Å²) in [5.41, 5.74) is 11.7. The molecule has 2 heterocycles. The zero-order valence-electron chi connectivity index (χ0n) is 29.5. The van der Waals surface area contributed by atoms with Crippen LogP contribution in [0.25, 0.3) is 21.5 Å². The van der Waals surface area contributed by atoms with E-state index in [9.17, 15) is 25.9 Å². The lowest BCUT2D eigenvalue weighted by atomic mass is 9.79. The third-order valence-corrected chi connectivity index (χ3v) is 11.9. The molecule has 0 saturated carbocycles. The van der Waals surface area contributed by atoms with Crippen LogP contribution in [-0.2, 0) is 31.1 Å². The first-order valence-corrected chi connectivity index (χ1v) is 19.8. The molecule has 0 unspecified atom stereocenters. The molecule has 0 spiro atoms. The van der Waals surface area contributed by atoms with E-state index < -0.39 is 20.2 Å². The van der Waals surface area contributed by atoms with Crippen molar-refractivity contribution in [1.29, 1.82) is 0 Å². The fourth-order valence-corrected chi connectivity index (χ4v) is 8.61. The Bertz CT molecular complexity index is 2450. The van der Waals surface area contributed by atoms with Gasteiger partial charge in [0, 0.05) is 41.1 Å². The number of unbranched alkanes of at least 4 members (excludes halogenated alkanes) is 1. The predicted octanol–water partition coefficient (Wildman–Crippen LogP) is 7.58. The maximum absolute atomic E-state index is 11.8. The van der Waals surface area contributed by atoms with E-state index in [1.807, 2.05) is 55.6 Å². The van der Waals surface area contributed by atoms with Gasteiger partial charge < -0.3 is 10.6 Å². The summed E-state index contributed by atoms with van der Waals surface area (Å²) in [4.78, 5) is 2.04. The largest absolute Gasteiger partial charge is 0.344 e. The first-order chi connectivity index (χ1) is 24.0. The first kappa shape index (κ1) is 36.4. The van der Waals surface area contributed by atoms with Crippen molar-refractivity contribution in [2.45, 2.75) is 61.2 Å². The van der Waals surface area contributed by atoms with Crippen LogP contribution in [0.4, 0.5) is 11.4 Å². The second-order valence-corrected chi connectivity index (χ2v) is 17.0. The topological polar surface area (TPSA) is 141 Å². The molecule has 0 fully saturated rings. The van der Waals surface area contributed by atoms with Crippen LogP contribution in [0.5, 0.6) is 0 Å². The number of hydrogen-bond donors (Lipinski definition) is 3. The van der Waals surface area contributed by atoms with Crippen molar-refractivity contribution >= 4 is 58.9 Å². The average Bonchev–Trinajstić information content (AvgIpc) is 3.39. The summed E-state index contributed by atoms with van der Waals surface area (Å²) in [5.74, 6) is 0. The molecule has 0 bridgehead atoms. The van der Waals surface area contributed by atoms with E-state index >= 15 is 0 Å². The van der Waals surface area contributed by atoms with Gasteiger partial charge in [0.2, 0.25) is 5.69 Å². The third kappa shape index (κ3) is 6.72. The molecule has 0 aliphatic carbocycles. The molecule has 6 rings (SSSR count). The van der Waals surface area contributed by atoms with Gasteiger partial charge in [-0.15, -0.1) is 0 Å². The smallest absolute Gasteiger partial charge is 0.294 e. The minimum Gasteiger partial charge on any atom is -0.344 e. The Morgan fingerprint density at radius 2 is 1.37 bits per heavy atom. The number of hydrogen-bond acceptors (Lipinski definition) is 6. The molecule has 0 saturated heterocycles. The van der Waals surface area contributed by atoms with Gasteiger partial charge in [0.05, 0.1) is 15.2 Å². The molecule has 0 aromatic heterocycles. The molecule has 4 aromatic rings. The molecular formula is C40H44N3O6S2+. The lowest BCUT2D eigenvalue weighted by Gasteiger charge is -2.27. The summed E-state index contributed by atoms with van der Waals surface area (Å²) >= 11 is 0. The molecule has 9 nitrogen and oxygen atoms in total. The minimum atomic E-state index is -4.32. The van der Waals surface area contributed by atoms with E-state index in [2.05, 4.69) is 55.4 Å². The van der Waals surface area contributed by atoms with Crippen LogP contribution in [0, 0.1) is 0 Å². The van der Waals surface area contributed by atoms with Gasteiger partial charge in [0.1, 0.15) is 7.05 Å². The zero-order chi connectivity index (χ0) is 36.9. The fraction of sp³-hybridized carbons (Fsp3) is 0.275. The second kappa shape index (κ2) is 13.3. The van der Waals surface area contributed by atoms with E-state index in [4.69, 9.17) is 5.73 Å². The number of anilines is 1. The number of benzene rings is 4. The van der Waals surface area contributed by atoms with Crippen molar-refractivity contribution < 1.29 is 30.5 Å².